The highest BCUT2D eigenvalue weighted by molar-refractivity contribution is 5.71. The Hall–Kier alpha value is -2.11. The second kappa shape index (κ2) is 64.4. The number of carbonyl (C=O) groups excluding carboxylic acids is 3. The van der Waals surface area contributed by atoms with Crippen molar-refractivity contribution in [3.63, 3.8) is 0 Å². The summed E-state index contributed by atoms with van der Waals surface area (Å²) in [7, 11) is 0. The van der Waals surface area contributed by atoms with Crippen LogP contribution in [-0.4, -0.2) is 37.2 Å². The average molecular weight is 1060 g/mol. The molecular formula is C69H130O6. The first-order valence-corrected chi connectivity index (χ1v) is 33.8. The highest BCUT2D eigenvalue weighted by atomic mass is 16.6. The van der Waals surface area contributed by atoms with Gasteiger partial charge in [-0.2, -0.15) is 0 Å². The van der Waals surface area contributed by atoms with Gasteiger partial charge in [-0.3, -0.25) is 14.4 Å². The number of esters is 3. The summed E-state index contributed by atoms with van der Waals surface area (Å²) in [6, 6.07) is 0. The molecule has 0 saturated heterocycles. The van der Waals surface area contributed by atoms with Crippen LogP contribution in [0.1, 0.15) is 380 Å². The zero-order valence-electron chi connectivity index (χ0n) is 50.8. The molecule has 6 heteroatoms. The third-order valence-corrected chi connectivity index (χ3v) is 15.4. The summed E-state index contributed by atoms with van der Waals surface area (Å²) in [6.45, 7) is 6.70. The van der Waals surface area contributed by atoms with Crippen molar-refractivity contribution in [3.8, 4) is 0 Å². The van der Waals surface area contributed by atoms with Crippen LogP contribution in [0.5, 0.6) is 0 Å². The monoisotopic (exact) mass is 1050 g/mol. The molecule has 1 atom stereocenters. The van der Waals surface area contributed by atoms with E-state index >= 15 is 0 Å². The molecule has 0 bridgehead atoms. The van der Waals surface area contributed by atoms with E-state index in [0.29, 0.717) is 19.3 Å². The minimum absolute atomic E-state index is 0.0686. The first-order chi connectivity index (χ1) is 37.0. The molecule has 0 radical (unpaired) electrons. The fraction of sp³-hybridized carbons (Fsp3) is 0.899. The lowest BCUT2D eigenvalue weighted by Crippen LogP contribution is -2.30. The molecule has 0 aromatic rings. The van der Waals surface area contributed by atoms with Crippen molar-refractivity contribution in [2.24, 2.45) is 0 Å². The van der Waals surface area contributed by atoms with E-state index in [1.165, 1.54) is 276 Å². The third-order valence-electron chi connectivity index (χ3n) is 15.4. The van der Waals surface area contributed by atoms with Crippen LogP contribution in [0, 0.1) is 0 Å². The highest BCUT2D eigenvalue weighted by Crippen LogP contribution is 2.18. The Balaban J connectivity index is 4.29. The molecule has 0 aromatic heterocycles. The molecule has 0 fully saturated rings. The van der Waals surface area contributed by atoms with E-state index in [2.05, 4.69) is 45.1 Å². The van der Waals surface area contributed by atoms with Gasteiger partial charge < -0.3 is 14.2 Å². The van der Waals surface area contributed by atoms with Crippen LogP contribution in [0.15, 0.2) is 24.3 Å². The fourth-order valence-corrected chi connectivity index (χ4v) is 10.3. The van der Waals surface area contributed by atoms with Crippen LogP contribution < -0.4 is 0 Å². The van der Waals surface area contributed by atoms with Crippen molar-refractivity contribution in [2.45, 2.75) is 386 Å². The highest BCUT2D eigenvalue weighted by Gasteiger charge is 2.19. The summed E-state index contributed by atoms with van der Waals surface area (Å²) in [5.41, 5.74) is 0. The average Bonchev–Trinajstić information content (AvgIpc) is 3.41. The predicted molar refractivity (Wildman–Crippen MR) is 326 cm³/mol. The van der Waals surface area contributed by atoms with Gasteiger partial charge in [0.25, 0.3) is 0 Å². The molecule has 0 aliphatic heterocycles. The summed E-state index contributed by atoms with van der Waals surface area (Å²) in [6.07, 6.45) is 77.6. The number of hydrogen-bond donors (Lipinski definition) is 0. The summed E-state index contributed by atoms with van der Waals surface area (Å²) >= 11 is 0. The van der Waals surface area contributed by atoms with E-state index in [4.69, 9.17) is 14.2 Å². The Morgan fingerprint density at radius 2 is 0.440 bits per heavy atom. The van der Waals surface area contributed by atoms with E-state index in [0.717, 1.165) is 64.2 Å². The van der Waals surface area contributed by atoms with Gasteiger partial charge in [-0.25, -0.2) is 0 Å². The van der Waals surface area contributed by atoms with Crippen LogP contribution in [0.2, 0.25) is 0 Å². The maximum atomic E-state index is 12.9. The smallest absolute Gasteiger partial charge is 0.306 e. The molecule has 0 N–H and O–H groups in total. The number of rotatable bonds is 63. The Bertz CT molecular complexity index is 1210. The Morgan fingerprint density at radius 3 is 0.667 bits per heavy atom. The molecule has 0 heterocycles. The van der Waals surface area contributed by atoms with E-state index in [9.17, 15) is 14.4 Å². The first-order valence-electron chi connectivity index (χ1n) is 33.8. The SMILES string of the molecule is CCCCCCCC/C=C\CCCCCCCCCCCCCC(=O)O[C@H](COC(=O)CCCCCCC/C=C\CCCCCCCC)COC(=O)CCCCCCCCCCCCCCCCCCCCCCC. The van der Waals surface area contributed by atoms with Crippen LogP contribution in [0.3, 0.4) is 0 Å². The second-order valence-corrected chi connectivity index (χ2v) is 23.1. The van der Waals surface area contributed by atoms with Gasteiger partial charge in [-0.05, 0) is 70.6 Å². The third kappa shape index (κ3) is 62.6. The number of unbranched alkanes of at least 4 members (excludes halogenated alkanes) is 48. The normalized spacial score (nSPS) is 12.1. The van der Waals surface area contributed by atoms with Gasteiger partial charge in [0.15, 0.2) is 6.10 Å². The molecule has 0 aromatic carbocycles. The zero-order valence-corrected chi connectivity index (χ0v) is 50.8. The molecule has 0 aliphatic carbocycles. The summed E-state index contributed by atoms with van der Waals surface area (Å²) < 4.78 is 17.0. The standard InChI is InChI=1S/C69H130O6/c1-4-7-10-13-16-19-22-25-28-30-32-34-36-38-41-44-47-50-53-56-59-62-68(71)74-65-66(64-73-67(70)61-58-55-52-49-46-43-40-27-24-21-18-15-12-9-6-3)75-69(72)63-60-57-54-51-48-45-42-39-37-35-33-31-29-26-23-20-17-14-11-8-5-2/h26-27,29,40,66H,4-25,28,30-39,41-65H2,1-3H3/b29-26-,40-27-/t66-/m1/s1. The van der Waals surface area contributed by atoms with Gasteiger partial charge in [0.1, 0.15) is 13.2 Å². The molecule has 0 rings (SSSR count). The molecule has 0 spiro atoms. The minimum atomic E-state index is -0.773. The molecular weight excluding hydrogens is 925 g/mol. The van der Waals surface area contributed by atoms with Gasteiger partial charge in [-0.1, -0.05) is 315 Å². The molecule has 0 unspecified atom stereocenters. The Labute approximate surface area is 468 Å². The number of hydrogen-bond acceptors (Lipinski definition) is 6. The lowest BCUT2D eigenvalue weighted by atomic mass is 10.0. The molecule has 0 saturated carbocycles. The van der Waals surface area contributed by atoms with Crippen molar-refractivity contribution in [1.82, 2.24) is 0 Å². The zero-order chi connectivity index (χ0) is 54.3. The van der Waals surface area contributed by atoms with Gasteiger partial charge in [0.05, 0.1) is 0 Å². The summed E-state index contributed by atoms with van der Waals surface area (Å²) in [5.74, 6) is -0.849. The van der Waals surface area contributed by atoms with Gasteiger partial charge in [0, 0.05) is 19.3 Å². The first kappa shape index (κ1) is 72.9. The second-order valence-electron chi connectivity index (χ2n) is 23.1. The van der Waals surface area contributed by atoms with E-state index < -0.39 is 6.10 Å². The molecule has 442 valence electrons. The van der Waals surface area contributed by atoms with E-state index in [1.54, 1.807) is 0 Å². The lowest BCUT2D eigenvalue weighted by Gasteiger charge is -2.18. The molecule has 75 heavy (non-hydrogen) atoms. The van der Waals surface area contributed by atoms with Crippen LogP contribution >= 0.6 is 0 Å². The maximum absolute atomic E-state index is 12.9. The quantitative estimate of drug-likeness (QED) is 0.0261. The molecule has 6 nitrogen and oxygen atoms in total. The fourth-order valence-electron chi connectivity index (χ4n) is 10.3. The van der Waals surface area contributed by atoms with E-state index in [-0.39, 0.29) is 31.1 Å². The van der Waals surface area contributed by atoms with Crippen molar-refractivity contribution in [2.75, 3.05) is 13.2 Å². The van der Waals surface area contributed by atoms with Crippen LogP contribution in [0.25, 0.3) is 0 Å². The maximum Gasteiger partial charge on any atom is 0.306 e. The van der Waals surface area contributed by atoms with Crippen molar-refractivity contribution in [3.05, 3.63) is 24.3 Å². The molecule has 0 aliphatic rings. The van der Waals surface area contributed by atoms with Crippen molar-refractivity contribution >= 4 is 17.9 Å². The van der Waals surface area contributed by atoms with Crippen LogP contribution in [-0.2, 0) is 28.6 Å². The molecule has 0 amide bonds. The van der Waals surface area contributed by atoms with Gasteiger partial charge in [0.2, 0.25) is 0 Å². The van der Waals surface area contributed by atoms with Crippen LogP contribution in [0.4, 0.5) is 0 Å². The van der Waals surface area contributed by atoms with Gasteiger partial charge in [-0.15, -0.1) is 0 Å². The van der Waals surface area contributed by atoms with Gasteiger partial charge >= 0.3 is 17.9 Å². The predicted octanol–water partition coefficient (Wildman–Crippen LogP) is 23.0. The summed E-state index contributed by atoms with van der Waals surface area (Å²) in [4.78, 5) is 38.4. The van der Waals surface area contributed by atoms with Crippen molar-refractivity contribution in [1.29, 1.82) is 0 Å². The Morgan fingerprint density at radius 1 is 0.253 bits per heavy atom. The largest absolute Gasteiger partial charge is 0.462 e. The lowest BCUT2D eigenvalue weighted by molar-refractivity contribution is -0.167. The topological polar surface area (TPSA) is 78.9 Å². The number of carbonyl (C=O) groups is 3. The Kier molecular flexibility index (Phi) is 62.6. The minimum Gasteiger partial charge on any atom is -0.462 e. The van der Waals surface area contributed by atoms with Crippen molar-refractivity contribution < 1.29 is 28.6 Å². The van der Waals surface area contributed by atoms with E-state index in [1.807, 2.05) is 0 Å². The number of allylic oxidation sites excluding steroid dienone is 4. The number of ether oxygens (including phenoxy) is 3. The summed E-state index contributed by atoms with van der Waals surface area (Å²) in [5, 5.41) is 0.